The predicted molar refractivity (Wildman–Crippen MR) is 95.9 cm³/mol. The van der Waals surface area contributed by atoms with Crippen LogP contribution in [0.5, 0.6) is 0 Å². The van der Waals surface area contributed by atoms with E-state index in [9.17, 15) is 18.0 Å². The second-order valence-corrected chi connectivity index (χ2v) is 8.48. The first-order valence-corrected chi connectivity index (χ1v) is 9.80. The summed E-state index contributed by atoms with van der Waals surface area (Å²) in [6.45, 7) is -0.0424. The summed E-state index contributed by atoms with van der Waals surface area (Å²) in [6.07, 6.45) is 0.555. The molecule has 1 fully saturated rings. The Morgan fingerprint density at radius 3 is 2.42 bits per heavy atom. The van der Waals surface area contributed by atoms with E-state index in [1.54, 1.807) is 32.3 Å². The predicted octanol–water partition coefficient (Wildman–Crippen LogP) is 0.0591. The maximum Gasteiger partial charge on any atom is 0.251 e. The molecule has 1 aliphatic heterocycles. The molecule has 144 valence electrons. The smallest absolute Gasteiger partial charge is 0.251 e. The van der Waals surface area contributed by atoms with Crippen LogP contribution < -0.4 is 5.32 Å². The van der Waals surface area contributed by atoms with E-state index in [1.165, 1.54) is 24.1 Å². The molecule has 0 bridgehead atoms. The van der Waals surface area contributed by atoms with Gasteiger partial charge in [-0.25, -0.2) is 8.42 Å². The summed E-state index contributed by atoms with van der Waals surface area (Å²) in [7, 11) is 0.992. The fourth-order valence-corrected chi connectivity index (χ4v) is 3.82. The first-order valence-electron chi connectivity index (χ1n) is 8.36. The van der Waals surface area contributed by atoms with Crippen LogP contribution in [0.1, 0.15) is 12.8 Å². The molecule has 0 unspecified atom stereocenters. The number of rotatable bonds is 7. The van der Waals surface area contributed by atoms with Crippen molar-refractivity contribution in [1.29, 1.82) is 0 Å². The molecule has 1 N–H and O–H groups in total. The molecule has 0 spiro atoms. The lowest BCUT2D eigenvalue weighted by molar-refractivity contribution is -0.140. The van der Waals surface area contributed by atoms with Crippen molar-refractivity contribution in [2.24, 2.45) is 0 Å². The maximum absolute atomic E-state index is 12.4. The van der Waals surface area contributed by atoms with Gasteiger partial charge in [-0.1, -0.05) is 18.2 Å². The molecule has 2 atom stereocenters. The van der Waals surface area contributed by atoms with Gasteiger partial charge in [0.1, 0.15) is 6.10 Å². The van der Waals surface area contributed by atoms with Crippen LogP contribution in [-0.2, 0) is 24.3 Å². The van der Waals surface area contributed by atoms with Crippen molar-refractivity contribution in [3.8, 4) is 0 Å². The van der Waals surface area contributed by atoms with Gasteiger partial charge in [-0.2, -0.15) is 4.31 Å². The number of hydrogen-bond donors (Lipinski definition) is 1. The zero-order valence-corrected chi connectivity index (χ0v) is 16.0. The van der Waals surface area contributed by atoms with Crippen molar-refractivity contribution in [3.05, 3.63) is 30.3 Å². The van der Waals surface area contributed by atoms with Crippen LogP contribution in [0.4, 0.5) is 0 Å². The van der Waals surface area contributed by atoms with Crippen molar-refractivity contribution in [3.63, 3.8) is 0 Å². The summed E-state index contributed by atoms with van der Waals surface area (Å²) in [5, 5.41) is 2.67. The van der Waals surface area contributed by atoms with Gasteiger partial charge in [0.05, 0.1) is 17.5 Å². The number of hydrogen-bond acceptors (Lipinski definition) is 5. The number of nitrogens with zero attached hydrogens (tertiary/aromatic N) is 2. The number of ether oxygens (including phenoxy) is 1. The molecule has 0 aliphatic carbocycles. The number of sulfonamides is 1. The van der Waals surface area contributed by atoms with Gasteiger partial charge in [0, 0.05) is 27.7 Å². The van der Waals surface area contributed by atoms with E-state index in [-0.39, 0.29) is 30.0 Å². The third-order valence-corrected chi connectivity index (χ3v) is 5.99. The third kappa shape index (κ3) is 5.03. The van der Waals surface area contributed by atoms with Crippen LogP contribution in [-0.4, -0.2) is 75.9 Å². The molecule has 0 aromatic heterocycles. The molecule has 2 amide bonds. The Balaban J connectivity index is 1.81. The number of nitrogens with one attached hydrogen (secondary N) is 1. The van der Waals surface area contributed by atoms with Crippen molar-refractivity contribution in [1.82, 2.24) is 14.5 Å². The highest BCUT2D eigenvalue weighted by Gasteiger charge is 2.32. The molecule has 1 saturated heterocycles. The Morgan fingerprint density at radius 1 is 1.15 bits per heavy atom. The van der Waals surface area contributed by atoms with Gasteiger partial charge in [0.25, 0.3) is 5.91 Å². The van der Waals surface area contributed by atoms with Crippen LogP contribution in [0.3, 0.4) is 0 Å². The van der Waals surface area contributed by atoms with Crippen LogP contribution in [0.15, 0.2) is 35.2 Å². The molecule has 0 radical (unpaired) electrons. The maximum atomic E-state index is 12.4. The van der Waals surface area contributed by atoms with Gasteiger partial charge < -0.3 is 15.0 Å². The fourth-order valence-electron chi connectivity index (χ4n) is 2.67. The average molecular weight is 383 g/mol. The Kier molecular flexibility index (Phi) is 6.74. The molecular formula is C17H25N3O5S. The number of carbonyl (C=O) groups excluding carboxylic acids is 2. The fraction of sp³-hybridized carbons (Fsp3) is 0.529. The minimum atomic E-state index is -3.71. The van der Waals surface area contributed by atoms with E-state index >= 15 is 0 Å². The molecule has 0 saturated carbocycles. The van der Waals surface area contributed by atoms with Crippen molar-refractivity contribution >= 4 is 21.8 Å². The minimum absolute atomic E-state index is 0.0903. The second-order valence-electron chi connectivity index (χ2n) is 6.43. The lowest BCUT2D eigenvalue weighted by atomic mass is 10.2. The molecule has 1 aromatic carbocycles. The Morgan fingerprint density at radius 2 is 1.81 bits per heavy atom. The largest absolute Gasteiger partial charge is 0.363 e. The highest BCUT2D eigenvalue weighted by molar-refractivity contribution is 7.89. The van der Waals surface area contributed by atoms with Crippen LogP contribution in [0.2, 0.25) is 0 Å². The van der Waals surface area contributed by atoms with E-state index in [0.29, 0.717) is 12.8 Å². The zero-order chi connectivity index (χ0) is 19.3. The number of likely N-dealkylation sites (N-methyl/N-ethyl adjacent to an activating group) is 2. The van der Waals surface area contributed by atoms with Gasteiger partial charge in [-0.15, -0.1) is 0 Å². The minimum Gasteiger partial charge on any atom is -0.363 e. The van der Waals surface area contributed by atoms with E-state index in [0.717, 1.165) is 4.31 Å². The lowest BCUT2D eigenvalue weighted by Crippen LogP contribution is -2.41. The van der Waals surface area contributed by atoms with Crippen LogP contribution in [0, 0.1) is 0 Å². The standard InChI is InChI=1S/C17H25N3O5S/c1-19(2)17(22)15-10-9-13(25-15)11-18-16(21)12-20(3)26(23,24)14-7-5-4-6-8-14/h4-8,13,15H,9-12H2,1-3H3,(H,18,21)/t13-,15-/m0/s1. The molecule has 26 heavy (non-hydrogen) atoms. The normalized spacial score (nSPS) is 20.2. The van der Waals surface area contributed by atoms with E-state index in [4.69, 9.17) is 4.74 Å². The third-order valence-electron chi connectivity index (χ3n) is 4.17. The summed E-state index contributed by atoms with van der Waals surface area (Å²) in [5.74, 6) is -0.509. The van der Waals surface area contributed by atoms with E-state index in [1.807, 2.05) is 0 Å². The monoisotopic (exact) mass is 383 g/mol. The van der Waals surface area contributed by atoms with Gasteiger partial charge in [-0.3, -0.25) is 9.59 Å². The molecular weight excluding hydrogens is 358 g/mol. The molecule has 9 heteroatoms. The number of carbonyl (C=O) groups is 2. The lowest BCUT2D eigenvalue weighted by Gasteiger charge is -2.19. The molecule has 1 heterocycles. The molecule has 1 aliphatic rings. The van der Waals surface area contributed by atoms with E-state index in [2.05, 4.69) is 5.32 Å². The molecule has 2 rings (SSSR count). The summed E-state index contributed by atoms with van der Waals surface area (Å²) in [6, 6.07) is 7.95. The SMILES string of the molecule is CN(C)C(=O)[C@@H]1CC[C@@H](CNC(=O)CN(C)S(=O)(=O)c2ccccc2)O1. The highest BCUT2D eigenvalue weighted by atomic mass is 32.2. The zero-order valence-electron chi connectivity index (χ0n) is 15.2. The topological polar surface area (TPSA) is 96.0 Å². The summed E-state index contributed by atoms with van der Waals surface area (Å²) < 4.78 is 31.4. The van der Waals surface area contributed by atoms with Crippen molar-refractivity contribution in [2.75, 3.05) is 34.2 Å². The van der Waals surface area contributed by atoms with Gasteiger partial charge in [-0.05, 0) is 25.0 Å². The molecule has 1 aromatic rings. The quantitative estimate of drug-likeness (QED) is 0.718. The first-order chi connectivity index (χ1) is 12.2. The highest BCUT2D eigenvalue weighted by Crippen LogP contribution is 2.20. The number of amides is 2. The summed E-state index contributed by atoms with van der Waals surface area (Å²) >= 11 is 0. The van der Waals surface area contributed by atoms with Crippen molar-refractivity contribution < 1.29 is 22.7 Å². The second kappa shape index (κ2) is 8.61. The Labute approximate surface area is 154 Å². The van der Waals surface area contributed by atoms with E-state index < -0.39 is 22.0 Å². The summed E-state index contributed by atoms with van der Waals surface area (Å²) in [4.78, 5) is 25.5. The molecule has 8 nitrogen and oxygen atoms in total. The van der Waals surface area contributed by atoms with Gasteiger partial charge in [0.15, 0.2) is 0 Å². The van der Waals surface area contributed by atoms with Crippen molar-refractivity contribution in [2.45, 2.75) is 29.9 Å². The van der Waals surface area contributed by atoms with Crippen LogP contribution >= 0.6 is 0 Å². The Hall–Kier alpha value is -1.97. The van der Waals surface area contributed by atoms with Crippen LogP contribution in [0.25, 0.3) is 0 Å². The number of benzene rings is 1. The average Bonchev–Trinajstić information content (AvgIpc) is 3.08. The van der Waals surface area contributed by atoms with Gasteiger partial charge in [0.2, 0.25) is 15.9 Å². The van der Waals surface area contributed by atoms with Gasteiger partial charge >= 0.3 is 0 Å². The Bertz CT molecular complexity index is 736. The first kappa shape index (κ1) is 20.3. The summed E-state index contributed by atoms with van der Waals surface area (Å²) in [5.41, 5.74) is 0.